The highest BCUT2D eigenvalue weighted by Crippen LogP contribution is 2.27. The smallest absolute Gasteiger partial charge is 0.250 e. The number of carbonyl (C=O) groups excluding carboxylic acids is 1. The molecule has 0 fully saturated rings. The van der Waals surface area contributed by atoms with Crippen molar-refractivity contribution < 1.29 is 4.79 Å². The van der Waals surface area contributed by atoms with Crippen LogP contribution in [0.4, 0.5) is 0 Å². The van der Waals surface area contributed by atoms with Crippen LogP contribution in [0.25, 0.3) is 0 Å². The fourth-order valence-electron chi connectivity index (χ4n) is 2.30. The Balaban J connectivity index is 2.00. The Labute approximate surface area is 98.5 Å². The molecule has 2 aliphatic heterocycles. The van der Waals surface area contributed by atoms with Gasteiger partial charge in [-0.3, -0.25) is 20.1 Å². The second-order valence-electron chi connectivity index (χ2n) is 4.14. The van der Waals surface area contributed by atoms with Gasteiger partial charge in [0.2, 0.25) is 0 Å². The lowest BCUT2D eigenvalue weighted by atomic mass is 9.91. The summed E-state index contributed by atoms with van der Waals surface area (Å²) in [5.41, 5.74) is 7.51. The molecule has 0 spiro atoms. The maximum absolute atomic E-state index is 11.3. The molecule has 0 aromatic carbocycles. The van der Waals surface area contributed by atoms with Gasteiger partial charge in [-0.1, -0.05) is 18.2 Å². The van der Waals surface area contributed by atoms with Gasteiger partial charge in [0.25, 0.3) is 5.91 Å². The van der Waals surface area contributed by atoms with E-state index < -0.39 is 5.91 Å². The number of hydrogen-bond acceptors (Lipinski definition) is 4. The number of rotatable bonds is 1. The monoisotopic (exact) mass is 228 g/mol. The highest BCUT2D eigenvalue weighted by atomic mass is 16.1. The zero-order valence-corrected chi connectivity index (χ0v) is 9.13. The summed E-state index contributed by atoms with van der Waals surface area (Å²) in [5.74, 6) is -0.261. The lowest BCUT2D eigenvalue weighted by molar-refractivity contribution is -0.114. The van der Waals surface area contributed by atoms with E-state index in [-0.39, 0.29) is 12.0 Å². The average molecular weight is 228 g/mol. The quantitative estimate of drug-likeness (QED) is 0.658. The minimum Gasteiger partial charge on any atom is -0.366 e. The molecule has 0 radical (unpaired) electrons. The zero-order chi connectivity index (χ0) is 11.8. The predicted molar refractivity (Wildman–Crippen MR) is 65.7 cm³/mol. The molecule has 2 atom stereocenters. The molecule has 3 aliphatic rings. The van der Waals surface area contributed by atoms with Crippen molar-refractivity contribution in [1.29, 1.82) is 0 Å². The number of allylic oxidation sites excluding steroid dienone is 2. The van der Waals surface area contributed by atoms with Crippen LogP contribution in [0.2, 0.25) is 0 Å². The van der Waals surface area contributed by atoms with Gasteiger partial charge in [0.1, 0.15) is 0 Å². The summed E-state index contributed by atoms with van der Waals surface area (Å²) in [6.45, 7) is 0.577. The molecular weight excluding hydrogens is 216 g/mol. The maximum atomic E-state index is 11.3. The minimum atomic E-state index is -0.439. The van der Waals surface area contributed by atoms with E-state index >= 15 is 0 Å². The number of carbonyl (C=O) groups is 1. The van der Waals surface area contributed by atoms with E-state index in [1.165, 1.54) is 0 Å². The highest BCUT2D eigenvalue weighted by Gasteiger charge is 2.33. The SMILES string of the molecule is NC(=O)C1=CN=C2C1=CC=CC1C=NCNC21. The molecule has 86 valence electrons. The minimum absolute atomic E-state index is 0.0746. The standard InChI is InChI=1S/C12H12N4O/c13-12(17)9-5-15-11-8(9)3-1-2-7-4-14-6-16-10(7)11/h1-5,7,10,16H,6H2,(H2,13,17). The van der Waals surface area contributed by atoms with Crippen LogP contribution in [0.15, 0.2) is 45.6 Å². The third-order valence-electron chi connectivity index (χ3n) is 3.12. The zero-order valence-electron chi connectivity index (χ0n) is 9.13. The summed E-state index contributed by atoms with van der Waals surface area (Å²) < 4.78 is 0. The Morgan fingerprint density at radius 3 is 3.24 bits per heavy atom. The van der Waals surface area contributed by atoms with E-state index in [4.69, 9.17) is 5.73 Å². The van der Waals surface area contributed by atoms with Gasteiger partial charge in [-0.05, 0) is 0 Å². The molecule has 0 saturated heterocycles. The molecule has 3 rings (SSSR count). The number of hydrogen-bond donors (Lipinski definition) is 2. The maximum Gasteiger partial charge on any atom is 0.250 e. The largest absolute Gasteiger partial charge is 0.366 e. The number of fused-ring (bicyclic) bond motifs is 3. The Hall–Kier alpha value is -2.01. The van der Waals surface area contributed by atoms with E-state index in [1.807, 2.05) is 24.4 Å². The molecular formula is C12H12N4O. The van der Waals surface area contributed by atoms with Crippen LogP contribution in [0.5, 0.6) is 0 Å². The Kier molecular flexibility index (Phi) is 2.26. The summed E-state index contributed by atoms with van der Waals surface area (Å²) in [6, 6.07) is 0.0746. The summed E-state index contributed by atoms with van der Waals surface area (Å²) in [5, 5.41) is 3.29. The van der Waals surface area contributed by atoms with Crippen LogP contribution in [0.1, 0.15) is 0 Å². The molecule has 0 aromatic rings. The summed E-state index contributed by atoms with van der Waals surface area (Å²) in [7, 11) is 0. The topological polar surface area (TPSA) is 79.8 Å². The van der Waals surface area contributed by atoms with Gasteiger partial charge in [0.05, 0.1) is 24.0 Å². The number of nitrogens with zero attached hydrogens (tertiary/aromatic N) is 2. The van der Waals surface area contributed by atoms with Gasteiger partial charge < -0.3 is 5.73 Å². The Morgan fingerprint density at radius 2 is 2.41 bits per heavy atom. The third kappa shape index (κ3) is 1.55. The van der Waals surface area contributed by atoms with Crippen molar-refractivity contribution in [2.75, 3.05) is 6.67 Å². The van der Waals surface area contributed by atoms with Crippen molar-refractivity contribution in [3.05, 3.63) is 35.6 Å². The molecule has 1 amide bonds. The highest BCUT2D eigenvalue weighted by molar-refractivity contribution is 6.19. The number of primary amides is 1. The first-order valence-corrected chi connectivity index (χ1v) is 5.47. The predicted octanol–water partition coefficient (Wildman–Crippen LogP) is -0.0773. The number of aliphatic imine (C=N–C) groups is 2. The van der Waals surface area contributed by atoms with Crippen LogP contribution in [0.3, 0.4) is 0 Å². The van der Waals surface area contributed by atoms with E-state index in [1.54, 1.807) is 6.20 Å². The number of nitrogens with one attached hydrogen (secondary N) is 1. The molecule has 5 nitrogen and oxygen atoms in total. The third-order valence-corrected chi connectivity index (χ3v) is 3.12. The van der Waals surface area contributed by atoms with Crippen LogP contribution >= 0.6 is 0 Å². The summed E-state index contributed by atoms with van der Waals surface area (Å²) in [4.78, 5) is 19.8. The van der Waals surface area contributed by atoms with Gasteiger partial charge in [-0.25, -0.2) is 0 Å². The van der Waals surface area contributed by atoms with Crippen LogP contribution < -0.4 is 11.1 Å². The van der Waals surface area contributed by atoms with Crippen molar-refractivity contribution in [2.24, 2.45) is 21.6 Å². The second kappa shape index (κ2) is 3.78. The summed E-state index contributed by atoms with van der Waals surface area (Å²) >= 11 is 0. The molecule has 2 heterocycles. The average Bonchev–Trinajstić information content (AvgIpc) is 2.66. The first kappa shape index (κ1) is 10.2. The Morgan fingerprint density at radius 1 is 1.53 bits per heavy atom. The van der Waals surface area contributed by atoms with Crippen LogP contribution in [0, 0.1) is 5.92 Å². The molecule has 0 saturated carbocycles. The van der Waals surface area contributed by atoms with Crippen molar-refractivity contribution in [3.63, 3.8) is 0 Å². The Bertz CT molecular complexity index is 525. The van der Waals surface area contributed by atoms with Crippen molar-refractivity contribution in [2.45, 2.75) is 6.04 Å². The van der Waals surface area contributed by atoms with Crippen molar-refractivity contribution in [1.82, 2.24) is 5.32 Å². The van der Waals surface area contributed by atoms with Gasteiger partial charge >= 0.3 is 0 Å². The van der Waals surface area contributed by atoms with E-state index in [9.17, 15) is 4.79 Å². The van der Waals surface area contributed by atoms with E-state index in [0.717, 1.165) is 11.3 Å². The molecule has 2 unspecified atom stereocenters. The number of amides is 1. The molecule has 0 bridgehead atoms. The van der Waals surface area contributed by atoms with Crippen molar-refractivity contribution in [3.8, 4) is 0 Å². The molecule has 0 aromatic heterocycles. The van der Waals surface area contributed by atoms with Crippen LogP contribution in [-0.4, -0.2) is 30.5 Å². The van der Waals surface area contributed by atoms with Crippen LogP contribution in [-0.2, 0) is 4.79 Å². The van der Waals surface area contributed by atoms with Gasteiger partial charge in [-0.2, -0.15) is 0 Å². The van der Waals surface area contributed by atoms with Crippen molar-refractivity contribution >= 4 is 17.8 Å². The molecule has 5 heteroatoms. The lowest BCUT2D eigenvalue weighted by Gasteiger charge is -2.26. The first-order chi connectivity index (χ1) is 8.27. The molecule has 1 aliphatic carbocycles. The molecule has 17 heavy (non-hydrogen) atoms. The fraction of sp³-hybridized carbons (Fsp3) is 0.250. The fourth-order valence-corrected chi connectivity index (χ4v) is 2.30. The van der Waals surface area contributed by atoms with Gasteiger partial charge in [0, 0.05) is 23.9 Å². The normalized spacial score (nSPS) is 29.8. The lowest BCUT2D eigenvalue weighted by Crippen LogP contribution is -2.45. The van der Waals surface area contributed by atoms with E-state index in [0.29, 0.717) is 12.2 Å². The second-order valence-corrected chi connectivity index (χ2v) is 4.14. The summed E-state index contributed by atoms with van der Waals surface area (Å²) in [6.07, 6.45) is 9.33. The number of nitrogens with two attached hydrogens (primary N) is 1. The first-order valence-electron chi connectivity index (χ1n) is 5.47. The molecule has 3 N–H and O–H groups in total. The van der Waals surface area contributed by atoms with Gasteiger partial charge in [-0.15, -0.1) is 0 Å². The van der Waals surface area contributed by atoms with E-state index in [2.05, 4.69) is 15.3 Å². The van der Waals surface area contributed by atoms with Gasteiger partial charge in [0.15, 0.2) is 0 Å².